The Morgan fingerprint density at radius 2 is 1.75 bits per heavy atom. The third-order valence-corrected chi connectivity index (χ3v) is 6.48. The number of benzene rings is 2. The van der Waals surface area contributed by atoms with E-state index in [0.717, 1.165) is 16.7 Å². The van der Waals surface area contributed by atoms with Crippen molar-refractivity contribution in [2.24, 2.45) is 0 Å². The molecule has 1 aliphatic heterocycles. The standard InChI is InChI=1S/C27H27F4N3O6/c1-13(35)20-12-32(7-8-33(20)26(39)40-27(2,3)4)23-18(30)10-15-22(21(23)31)34(11-16(24(15)36)25(37)38)19-6-5-14(28)9-17(19)29/h5-6,9-11,13,20,35H,7-8,12H2,1-4H3,(H,37,38)/t13?,20-/m0/s1. The first kappa shape index (κ1) is 28.9. The van der Waals surface area contributed by atoms with Crippen LogP contribution < -0.4 is 10.3 Å². The summed E-state index contributed by atoms with van der Waals surface area (Å²) < 4.78 is 66.2. The molecule has 1 aromatic heterocycles. The Balaban J connectivity index is 1.89. The van der Waals surface area contributed by atoms with Crippen LogP contribution in [0.1, 0.15) is 38.1 Å². The minimum atomic E-state index is -1.72. The fourth-order valence-electron chi connectivity index (χ4n) is 4.69. The zero-order valence-electron chi connectivity index (χ0n) is 22.0. The fraction of sp³-hybridized carbons (Fsp3) is 0.370. The van der Waals surface area contributed by atoms with Crippen LogP contribution in [0.4, 0.5) is 28.0 Å². The predicted octanol–water partition coefficient (Wildman–Crippen LogP) is 4.05. The van der Waals surface area contributed by atoms with E-state index in [4.69, 9.17) is 4.74 Å². The highest BCUT2D eigenvalue weighted by Crippen LogP contribution is 2.34. The Hall–Kier alpha value is -4.13. The number of aliphatic hydroxyl groups excluding tert-OH is 1. The summed E-state index contributed by atoms with van der Waals surface area (Å²) in [4.78, 5) is 39.8. The molecule has 9 nitrogen and oxygen atoms in total. The van der Waals surface area contributed by atoms with Crippen molar-refractivity contribution < 1.29 is 42.1 Å². The van der Waals surface area contributed by atoms with E-state index in [0.29, 0.717) is 18.3 Å². The van der Waals surface area contributed by atoms with Gasteiger partial charge in [0, 0.05) is 31.9 Å². The monoisotopic (exact) mass is 565 g/mol. The fourth-order valence-corrected chi connectivity index (χ4v) is 4.69. The lowest BCUT2D eigenvalue weighted by atomic mass is 10.0. The van der Waals surface area contributed by atoms with Crippen molar-refractivity contribution in [3.63, 3.8) is 0 Å². The smallest absolute Gasteiger partial charge is 0.410 e. The quantitative estimate of drug-likeness (QED) is 0.459. The molecule has 2 aromatic carbocycles. The van der Waals surface area contributed by atoms with E-state index >= 15 is 8.78 Å². The molecule has 0 aliphatic carbocycles. The number of nitrogens with zero attached hydrogens (tertiary/aromatic N) is 3. The van der Waals surface area contributed by atoms with E-state index in [1.165, 1.54) is 16.7 Å². The molecule has 2 atom stereocenters. The van der Waals surface area contributed by atoms with Crippen LogP contribution in [0, 0.1) is 23.3 Å². The summed E-state index contributed by atoms with van der Waals surface area (Å²) in [6, 6.07) is 1.98. The molecule has 1 unspecified atom stereocenters. The van der Waals surface area contributed by atoms with Crippen molar-refractivity contribution in [1.29, 1.82) is 0 Å². The summed E-state index contributed by atoms with van der Waals surface area (Å²) >= 11 is 0. The van der Waals surface area contributed by atoms with Gasteiger partial charge in [-0.2, -0.15) is 0 Å². The van der Waals surface area contributed by atoms with Gasteiger partial charge in [0.2, 0.25) is 5.43 Å². The first-order valence-corrected chi connectivity index (χ1v) is 12.3. The van der Waals surface area contributed by atoms with Crippen LogP contribution in [0.25, 0.3) is 16.6 Å². The van der Waals surface area contributed by atoms with Crippen molar-refractivity contribution >= 4 is 28.7 Å². The molecule has 0 bridgehead atoms. The molecule has 4 rings (SSSR count). The topological polar surface area (TPSA) is 112 Å². The van der Waals surface area contributed by atoms with E-state index in [-0.39, 0.29) is 19.6 Å². The number of aromatic nitrogens is 1. The number of fused-ring (bicyclic) bond motifs is 1. The summed E-state index contributed by atoms with van der Waals surface area (Å²) in [5, 5.41) is 19.2. The molecule has 0 radical (unpaired) electrons. The van der Waals surface area contributed by atoms with E-state index in [9.17, 15) is 33.4 Å². The highest BCUT2D eigenvalue weighted by molar-refractivity contribution is 5.94. The molecule has 13 heteroatoms. The van der Waals surface area contributed by atoms with Crippen molar-refractivity contribution in [1.82, 2.24) is 9.47 Å². The minimum Gasteiger partial charge on any atom is -0.477 e. The number of carbonyl (C=O) groups excluding carboxylic acids is 1. The number of halogens is 4. The van der Waals surface area contributed by atoms with Crippen LogP contribution in [-0.2, 0) is 4.74 Å². The number of hydrogen-bond donors (Lipinski definition) is 2. The number of hydrogen-bond acceptors (Lipinski definition) is 6. The number of aromatic carboxylic acids is 1. The maximum Gasteiger partial charge on any atom is 0.410 e. The number of piperazine rings is 1. The zero-order chi connectivity index (χ0) is 29.7. The number of carboxylic acids is 1. The summed E-state index contributed by atoms with van der Waals surface area (Å²) in [6.07, 6.45) is -1.17. The largest absolute Gasteiger partial charge is 0.477 e. The second kappa shape index (κ2) is 10.5. The summed E-state index contributed by atoms with van der Waals surface area (Å²) in [5.41, 5.74) is -4.69. The van der Waals surface area contributed by atoms with Gasteiger partial charge in [0.05, 0.1) is 28.7 Å². The third-order valence-electron chi connectivity index (χ3n) is 6.48. The van der Waals surface area contributed by atoms with Crippen molar-refractivity contribution in [2.45, 2.75) is 45.4 Å². The van der Waals surface area contributed by atoms with Gasteiger partial charge in [-0.05, 0) is 45.9 Å². The van der Waals surface area contributed by atoms with Crippen LogP contribution in [0.15, 0.2) is 35.3 Å². The van der Waals surface area contributed by atoms with Gasteiger partial charge in [0.15, 0.2) is 5.82 Å². The SMILES string of the molecule is CC(O)[C@@H]1CN(c2c(F)cc3c(=O)c(C(=O)O)cn(-c4ccc(F)cc4F)c3c2F)CCN1C(=O)OC(C)(C)C. The van der Waals surface area contributed by atoms with Gasteiger partial charge in [-0.15, -0.1) is 0 Å². The lowest BCUT2D eigenvalue weighted by Crippen LogP contribution is -2.60. The molecule has 1 amide bonds. The van der Waals surface area contributed by atoms with Gasteiger partial charge >= 0.3 is 12.1 Å². The Morgan fingerprint density at radius 1 is 1.07 bits per heavy atom. The molecule has 1 aliphatic rings. The summed E-state index contributed by atoms with van der Waals surface area (Å²) in [7, 11) is 0. The molecule has 2 heterocycles. The van der Waals surface area contributed by atoms with Crippen molar-refractivity contribution in [2.75, 3.05) is 24.5 Å². The number of rotatable bonds is 4. The van der Waals surface area contributed by atoms with Crippen molar-refractivity contribution in [3.8, 4) is 5.69 Å². The van der Waals surface area contributed by atoms with Gasteiger partial charge in [-0.1, -0.05) is 0 Å². The maximum atomic E-state index is 16.2. The van der Waals surface area contributed by atoms with E-state index in [2.05, 4.69) is 0 Å². The van der Waals surface area contributed by atoms with Gasteiger partial charge in [-0.25, -0.2) is 27.2 Å². The van der Waals surface area contributed by atoms with Gasteiger partial charge in [-0.3, -0.25) is 9.69 Å². The number of anilines is 1. The van der Waals surface area contributed by atoms with Crippen LogP contribution in [0.2, 0.25) is 0 Å². The molecule has 2 N–H and O–H groups in total. The zero-order valence-corrected chi connectivity index (χ0v) is 22.0. The summed E-state index contributed by atoms with van der Waals surface area (Å²) in [5.74, 6) is -6.39. The van der Waals surface area contributed by atoms with Crippen LogP contribution in [0.3, 0.4) is 0 Å². The normalized spacial score (nSPS) is 16.8. The first-order valence-electron chi connectivity index (χ1n) is 12.3. The lowest BCUT2D eigenvalue weighted by molar-refractivity contribution is -0.00566. The van der Waals surface area contributed by atoms with Crippen LogP contribution in [0.5, 0.6) is 0 Å². The number of aliphatic hydroxyl groups is 1. The summed E-state index contributed by atoms with van der Waals surface area (Å²) in [6.45, 7) is 5.97. The Labute approximate surface area is 225 Å². The minimum absolute atomic E-state index is 0.0846. The predicted molar refractivity (Wildman–Crippen MR) is 137 cm³/mol. The molecule has 1 saturated heterocycles. The highest BCUT2D eigenvalue weighted by Gasteiger charge is 2.38. The molecule has 0 saturated carbocycles. The average molecular weight is 566 g/mol. The second-order valence-electron chi connectivity index (χ2n) is 10.5. The van der Waals surface area contributed by atoms with Gasteiger partial charge in [0.1, 0.15) is 34.3 Å². The van der Waals surface area contributed by atoms with Crippen molar-refractivity contribution in [3.05, 3.63) is 69.5 Å². The highest BCUT2D eigenvalue weighted by atomic mass is 19.1. The van der Waals surface area contributed by atoms with E-state index in [1.807, 2.05) is 0 Å². The molecule has 3 aromatic rings. The third kappa shape index (κ3) is 5.33. The molecule has 40 heavy (non-hydrogen) atoms. The number of carboxylic acid groups (broad SMARTS) is 1. The van der Waals surface area contributed by atoms with Crippen LogP contribution in [-0.4, -0.2) is 69.1 Å². The number of amides is 1. The molecule has 1 fully saturated rings. The Morgan fingerprint density at radius 3 is 2.33 bits per heavy atom. The van der Waals surface area contributed by atoms with Gasteiger partial charge in [0.25, 0.3) is 0 Å². The molecular weight excluding hydrogens is 538 g/mol. The lowest BCUT2D eigenvalue weighted by Gasteiger charge is -2.43. The Kier molecular flexibility index (Phi) is 7.54. The molecular formula is C27H27F4N3O6. The van der Waals surface area contributed by atoms with Crippen LogP contribution >= 0.6 is 0 Å². The number of carbonyl (C=O) groups is 2. The molecule has 214 valence electrons. The number of pyridine rings is 1. The average Bonchev–Trinajstić information content (AvgIpc) is 2.83. The maximum absolute atomic E-state index is 16.2. The number of ether oxygens (including phenoxy) is 1. The van der Waals surface area contributed by atoms with E-state index < -0.39 is 86.3 Å². The Bertz CT molecular complexity index is 1570. The second-order valence-corrected chi connectivity index (χ2v) is 10.5. The molecule has 0 spiro atoms. The first-order chi connectivity index (χ1) is 18.6. The van der Waals surface area contributed by atoms with Gasteiger partial charge < -0.3 is 24.4 Å². The van der Waals surface area contributed by atoms with E-state index in [1.54, 1.807) is 20.8 Å².